The highest BCUT2D eigenvalue weighted by Gasteiger charge is 2.15. The standard InChI is InChI=1S/C13H16N2O2S/c1-10-3-6-12(7-4-10)18(16,17)15-13-8-5-11(2)9-14-13/h3-4,6-7,9H,5,8H2,1-2H3,(H,14,15). The number of aryl methyl sites for hydroxylation is 1. The van der Waals surface area contributed by atoms with Crippen molar-refractivity contribution in [1.29, 1.82) is 0 Å². The number of nitrogens with zero attached hydrogens (tertiary/aromatic N) is 1. The lowest BCUT2D eigenvalue weighted by Crippen LogP contribution is -2.23. The Labute approximate surface area is 107 Å². The van der Waals surface area contributed by atoms with Gasteiger partial charge in [0.2, 0.25) is 0 Å². The Morgan fingerprint density at radius 2 is 1.78 bits per heavy atom. The normalized spacial score (nSPS) is 18.3. The summed E-state index contributed by atoms with van der Waals surface area (Å²) in [5.74, 6) is 0.501. The molecule has 1 aliphatic heterocycles. The number of rotatable bonds is 2. The first-order valence-electron chi connectivity index (χ1n) is 5.80. The summed E-state index contributed by atoms with van der Waals surface area (Å²) in [6.07, 6.45) is 3.27. The highest BCUT2D eigenvalue weighted by Crippen LogP contribution is 2.15. The number of hydrogen-bond donors (Lipinski definition) is 1. The smallest absolute Gasteiger partial charge is 0.283 e. The third-order valence-corrected chi connectivity index (χ3v) is 4.12. The second kappa shape index (κ2) is 4.94. The van der Waals surface area contributed by atoms with Crippen LogP contribution >= 0.6 is 0 Å². The minimum atomic E-state index is -3.60. The van der Waals surface area contributed by atoms with E-state index in [4.69, 9.17) is 0 Å². The molecule has 0 saturated heterocycles. The zero-order chi connectivity index (χ0) is 13.2. The van der Waals surface area contributed by atoms with Gasteiger partial charge in [-0.15, -0.1) is 4.40 Å². The Hall–Kier alpha value is -1.62. The molecule has 5 heteroatoms. The molecule has 18 heavy (non-hydrogen) atoms. The molecule has 96 valence electrons. The van der Waals surface area contributed by atoms with Gasteiger partial charge in [-0.1, -0.05) is 23.3 Å². The summed E-state index contributed by atoms with van der Waals surface area (Å²) >= 11 is 0. The van der Waals surface area contributed by atoms with E-state index in [-0.39, 0.29) is 4.90 Å². The van der Waals surface area contributed by atoms with Crippen LogP contribution in [0.25, 0.3) is 0 Å². The van der Waals surface area contributed by atoms with Gasteiger partial charge in [-0.3, -0.25) is 0 Å². The molecular weight excluding hydrogens is 248 g/mol. The van der Waals surface area contributed by atoms with Crippen LogP contribution < -0.4 is 5.32 Å². The predicted octanol–water partition coefficient (Wildman–Crippen LogP) is 2.37. The van der Waals surface area contributed by atoms with E-state index in [1.807, 2.05) is 13.8 Å². The number of benzene rings is 1. The molecule has 4 nitrogen and oxygen atoms in total. The fraction of sp³-hybridized carbons (Fsp3) is 0.308. The minimum absolute atomic E-state index is 0.230. The maximum atomic E-state index is 12.0. The summed E-state index contributed by atoms with van der Waals surface area (Å²) in [5, 5.41) is 2.91. The zero-order valence-corrected chi connectivity index (χ0v) is 11.3. The lowest BCUT2D eigenvalue weighted by atomic mass is 10.1. The van der Waals surface area contributed by atoms with Crippen molar-refractivity contribution >= 4 is 15.9 Å². The molecule has 0 fully saturated rings. The molecule has 0 spiro atoms. The minimum Gasteiger partial charge on any atom is -0.349 e. The van der Waals surface area contributed by atoms with Gasteiger partial charge in [-0.2, -0.15) is 8.42 Å². The quantitative estimate of drug-likeness (QED) is 0.892. The molecule has 0 bridgehead atoms. The van der Waals surface area contributed by atoms with E-state index in [1.54, 1.807) is 30.5 Å². The summed E-state index contributed by atoms with van der Waals surface area (Å²) < 4.78 is 27.9. The van der Waals surface area contributed by atoms with Crippen LogP contribution in [0.4, 0.5) is 0 Å². The molecular formula is C13H16N2O2S. The largest absolute Gasteiger partial charge is 0.349 e. The average molecular weight is 264 g/mol. The Morgan fingerprint density at radius 3 is 2.33 bits per heavy atom. The van der Waals surface area contributed by atoms with Crippen molar-refractivity contribution in [2.75, 3.05) is 0 Å². The van der Waals surface area contributed by atoms with Crippen molar-refractivity contribution in [2.24, 2.45) is 4.40 Å². The van der Waals surface area contributed by atoms with Gasteiger partial charge in [-0.05, 0) is 32.4 Å². The average Bonchev–Trinajstić information content (AvgIpc) is 2.32. The van der Waals surface area contributed by atoms with E-state index in [0.717, 1.165) is 12.0 Å². The summed E-state index contributed by atoms with van der Waals surface area (Å²) in [4.78, 5) is 0.230. The molecule has 1 aromatic carbocycles. The third kappa shape index (κ3) is 2.98. The molecule has 1 aromatic rings. The van der Waals surface area contributed by atoms with E-state index in [9.17, 15) is 8.42 Å². The summed E-state index contributed by atoms with van der Waals surface area (Å²) in [7, 11) is -3.60. The van der Waals surface area contributed by atoms with Crippen LogP contribution in [0.3, 0.4) is 0 Å². The number of sulfonamides is 1. The van der Waals surface area contributed by atoms with Crippen LogP contribution in [0.2, 0.25) is 0 Å². The molecule has 0 radical (unpaired) electrons. The molecule has 2 rings (SSSR count). The lowest BCUT2D eigenvalue weighted by molar-refractivity contribution is 0.597. The van der Waals surface area contributed by atoms with Gasteiger partial charge >= 0.3 is 0 Å². The highest BCUT2D eigenvalue weighted by molar-refractivity contribution is 7.90. The molecule has 1 N–H and O–H groups in total. The summed E-state index contributed by atoms with van der Waals surface area (Å²) in [6.45, 7) is 3.91. The first-order valence-corrected chi connectivity index (χ1v) is 7.24. The van der Waals surface area contributed by atoms with Gasteiger partial charge in [-0.25, -0.2) is 0 Å². The molecule has 0 amide bonds. The highest BCUT2D eigenvalue weighted by atomic mass is 32.2. The Morgan fingerprint density at radius 1 is 1.11 bits per heavy atom. The molecule has 1 aliphatic rings. The van der Waals surface area contributed by atoms with E-state index < -0.39 is 10.0 Å². The van der Waals surface area contributed by atoms with Gasteiger partial charge in [0, 0.05) is 12.6 Å². The van der Waals surface area contributed by atoms with Crippen LogP contribution in [0.5, 0.6) is 0 Å². The van der Waals surface area contributed by atoms with Gasteiger partial charge < -0.3 is 5.32 Å². The Kier molecular flexibility index (Phi) is 3.52. The van der Waals surface area contributed by atoms with E-state index in [2.05, 4.69) is 9.71 Å². The number of allylic oxidation sites excluding steroid dienone is 1. The zero-order valence-electron chi connectivity index (χ0n) is 10.5. The van der Waals surface area contributed by atoms with Gasteiger partial charge in [0.1, 0.15) is 5.84 Å². The van der Waals surface area contributed by atoms with Crippen molar-refractivity contribution in [3.05, 3.63) is 41.6 Å². The fourth-order valence-electron chi connectivity index (χ4n) is 1.65. The van der Waals surface area contributed by atoms with Crippen molar-refractivity contribution in [1.82, 2.24) is 5.32 Å². The molecule has 0 aliphatic carbocycles. The lowest BCUT2D eigenvalue weighted by Gasteiger charge is -2.13. The second-order valence-corrected chi connectivity index (χ2v) is 6.07. The molecule has 0 aromatic heterocycles. The van der Waals surface area contributed by atoms with Crippen LogP contribution in [-0.4, -0.2) is 14.3 Å². The van der Waals surface area contributed by atoms with Crippen molar-refractivity contribution < 1.29 is 8.42 Å². The van der Waals surface area contributed by atoms with Gasteiger partial charge in [0.15, 0.2) is 0 Å². The maximum absolute atomic E-state index is 12.0. The third-order valence-electron chi connectivity index (χ3n) is 2.79. The van der Waals surface area contributed by atoms with Crippen molar-refractivity contribution in [3.8, 4) is 0 Å². The topological polar surface area (TPSA) is 58.5 Å². The van der Waals surface area contributed by atoms with Gasteiger partial charge in [0.25, 0.3) is 10.0 Å². The second-order valence-electron chi connectivity index (χ2n) is 4.46. The van der Waals surface area contributed by atoms with Crippen LogP contribution in [0.1, 0.15) is 25.3 Å². The number of nitrogens with one attached hydrogen (secondary N) is 1. The number of amidine groups is 1. The molecule has 0 unspecified atom stereocenters. The number of hydrogen-bond acceptors (Lipinski definition) is 2. The van der Waals surface area contributed by atoms with Crippen LogP contribution in [0.15, 0.2) is 45.3 Å². The van der Waals surface area contributed by atoms with Gasteiger partial charge in [0.05, 0.1) is 4.90 Å². The van der Waals surface area contributed by atoms with E-state index in [1.165, 1.54) is 5.57 Å². The molecule has 1 heterocycles. The maximum Gasteiger partial charge on any atom is 0.283 e. The monoisotopic (exact) mass is 264 g/mol. The molecule has 0 atom stereocenters. The Bertz CT molecular complexity index is 598. The summed E-state index contributed by atoms with van der Waals surface area (Å²) in [6, 6.07) is 6.70. The predicted molar refractivity (Wildman–Crippen MR) is 71.9 cm³/mol. The van der Waals surface area contributed by atoms with Crippen LogP contribution in [0, 0.1) is 6.92 Å². The van der Waals surface area contributed by atoms with Crippen molar-refractivity contribution in [2.45, 2.75) is 31.6 Å². The Balaban J connectivity index is 2.27. The van der Waals surface area contributed by atoms with E-state index >= 15 is 0 Å². The first kappa shape index (κ1) is 12.8. The molecule has 0 saturated carbocycles. The van der Waals surface area contributed by atoms with Crippen molar-refractivity contribution in [3.63, 3.8) is 0 Å². The van der Waals surface area contributed by atoms with Crippen LogP contribution in [-0.2, 0) is 10.0 Å². The fourth-order valence-corrected chi connectivity index (χ4v) is 2.67. The van der Waals surface area contributed by atoms with E-state index in [0.29, 0.717) is 12.3 Å². The summed E-state index contributed by atoms with van der Waals surface area (Å²) in [5.41, 5.74) is 2.22. The first-order chi connectivity index (χ1) is 8.47. The SMILES string of the molecule is CC1=CN/C(=N\S(=O)(=O)c2ccc(C)cc2)CC1.